The number of nitrogens with one attached hydrogen (secondary N) is 2. The molecule has 2 N–H and O–H groups in total. The largest absolute Gasteiger partial charge is 0.497 e. The molecule has 2 aromatic heterocycles. The number of rotatable bonds is 4. The molecule has 0 atom stereocenters. The van der Waals surface area contributed by atoms with Gasteiger partial charge >= 0.3 is 0 Å². The van der Waals surface area contributed by atoms with Crippen molar-refractivity contribution < 1.29 is 9.53 Å². The topological polar surface area (TPSA) is 102 Å². The predicted octanol–water partition coefficient (Wildman–Crippen LogP) is 2.29. The molecule has 0 aliphatic rings. The Balaban J connectivity index is 1.91. The average Bonchev–Trinajstić information content (AvgIpc) is 3.00. The predicted molar refractivity (Wildman–Crippen MR) is 95.4 cm³/mol. The number of halogens is 1. The smallest absolute Gasteiger partial charge is 0.278 e. The lowest BCUT2D eigenvalue weighted by Gasteiger charge is -2.06. The molecule has 0 aliphatic heterocycles. The number of H-pyrrole nitrogens is 1. The number of aromatic amines is 1. The van der Waals surface area contributed by atoms with Crippen LogP contribution in [0.15, 0.2) is 45.8 Å². The molecular formula is C16H14BrN5O3. The number of amides is 1. The van der Waals surface area contributed by atoms with Crippen LogP contribution in [0.3, 0.4) is 0 Å². The average molecular weight is 404 g/mol. The van der Waals surface area contributed by atoms with Crippen molar-refractivity contribution in [3.8, 4) is 11.4 Å². The van der Waals surface area contributed by atoms with Crippen LogP contribution in [0, 0.1) is 6.92 Å². The lowest BCUT2D eigenvalue weighted by Crippen LogP contribution is -2.20. The van der Waals surface area contributed by atoms with E-state index < -0.39 is 11.5 Å². The zero-order valence-electron chi connectivity index (χ0n) is 13.4. The number of aromatic nitrogens is 4. The number of pyridine rings is 1. The minimum Gasteiger partial charge on any atom is -0.497 e. The van der Waals surface area contributed by atoms with Gasteiger partial charge in [0.25, 0.3) is 11.5 Å². The first-order chi connectivity index (χ1) is 12.0. The Morgan fingerprint density at radius 3 is 2.92 bits per heavy atom. The molecule has 1 aromatic carbocycles. The van der Waals surface area contributed by atoms with Crippen molar-refractivity contribution in [3.05, 3.63) is 62.7 Å². The first-order valence-corrected chi connectivity index (χ1v) is 8.05. The molecule has 9 heteroatoms. The van der Waals surface area contributed by atoms with Crippen LogP contribution < -0.4 is 15.6 Å². The van der Waals surface area contributed by atoms with Crippen molar-refractivity contribution in [1.29, 1.82) is 0 Å². The standard InChI is InChI=1S/C16H14BrN5O3/c1-9-14(16(24)19-13-6-10(17)8-18-15(13)23)20-21-22(9)11-4-3-5-12(7-11)25-2/h3-8H,1-2H3,(H,18,23)(H,19,24). The highest BCUT2D eigenvalue weighted by molar-refractivity contribution is 9.10. The van der Waals surface area contributed by atoms with Crippen LogP contribution in [0.2, 0.25) is 0 Å². The maximum Gasteiger partial charge on any atom is 0.278 e. The number of anilines is 1. The van der Waals surface area contributed by atoms with Crippen LogP contribution in [-0.4, -0.2) is 33.0 Å². The Morgan fingerprint density at radius 2 is 2.16 bits per heavy atom. The summed E-state index contributed by atoms with van der Waals surface area (Å²) in [4.78, 5) is 26.7. The molecule has 0 radical (unpaired) electrons. The van der Waals surface area contributed by atoms with Gasteiger partial charge < -0.3 is 15.0 Å². The summed E-state index contributed by atoms with van der Waals surface area (Å²) in [6, 6.07) is 8.74. The number of hydrogen-bond acceptors (Lipinski definition) is 5. The van der Waals surface area contributed by atoms with Crippen molar-refractivity contribution >= 4 is 27.5 Å². The molecule has 0 aliphatic carbocycles. The first kappa shape index (κ1) is 16.9. The van der Waals surface area contributed by atoms with Crippen LogP contribution in [0.1, 0.15) is 16.2 Å². The molecule has 2 heterocycles. The number of benzene rings is 1. The summed E-state index contributed by atoms with van der Waals surface area (Å²) in [5.74, 6) is 0.148. The van der Waals surface area contributed by atoms with Crippen molar-refractivity contribution in [2.75, 3.05) is 12.4 Å². The molecule has 1 amide bonds. The van der Waals surface area contributed by atoms with Crippen molar-refractivity contribution in [2.45, 2.75) is 6.92 Å². The van der Waals surface area contributed by atoms with E-state index in [1.165, 1.54) is 16.9 Å². The number of nitrogens with zero attached hydrogens (tertiary/aromatic N) is 3. The molecule has 0 saturated carbocycles. The summed E-state index contributed by atoms with van der Waals surface area (Å²) < 4.78 is 7.36. The second kappa shape index (κ2) is 6.89. The Hall–Kier alpha value is -2.94. The zero-order valence-corrected chi connectivity index (χ0v) is 15.0. The van der Waals surface area contributed by atoms with E-state index >= 15 is 0 Å². The van der Waals surface area contributed by atoms with Gasteiger partial charge in [-0.1, -0.05) is 11.3 Å². The van der Waals surface area contributed by atoms with Crippen molar-refractivity contribution in [2.24, 2.45) is 0 Å². The lowest BCUT2D eigenvalue weighted by atomic mass is 10.2. The van der Waals surface area contributed by atoms with E-state index in [0.717, 1.165) is 0 Å². The molecule has 0 fully saturated rings. The Morgan fingerprint density at radius 1 is 1.36 bits per heavy atom. The first-order valence-electron chi connectivity index (χ1n) is 7.26. The summed E-state index contributed by atoms with van der Waals surface area (Å²) in [6.45, 7) is 1.72. The SMILES string of the molecule is COc1cccc(-n2nnc(C(=O)Nc3cc(Br)c[nH]c3=O)c2C)c1. The number of hydrogen-bond donors (Lipinski definition) is 2. The maximum absolute atomic E-state index is 12.4. The number of carbonyl (C=O) groups is 1. The van der Waals surface area contributed by atoms with Gasteiger partial charge in [-0.25, -0.2) is 4.68 Å². The van der Waals surface area contributed by atoms with Gasteiger partial charge in [0.2, 0.25) is 0 Å². The molecular weight excluding hydrogens is 390 g/mol. The lowest BCUT2D eigenvalue weighted by molar-refractivity contribution is 0.102. The Kier molecular flexibility index (Phi) is 4.66. The van der Waals surface area contributed by atoms with Crippen LogP contribution >= 0.6 is 15.9 Å². The molecule has 3 aromatic rings. The Bertz CT molecular complexity index is 995. The van der Waals surface area contributed by atoms with Gasteiger partial charge in [0.1, 0.15) is 11.4 Å². The van der Waals surface area contributed by atoms with E-state index in [1.807, 2.05) is 18.2 Å². The summed E-state index contributed by atoms with van der Waals surface area (Å²) in [5.41, 5.74) is 1.09. The molecule has 0 saturated heterocycles. The third-order valence-corrected chi connectivity index (χ3v) is 3.98. The highest BCUT2D eigenvalue weighted by Gasteiger charge is 2.18. The summed E-state index contributed by atoms with van der Waals surface area (Å²) in [7, 11) is 1.57. The minimum atomic E-state index is -0.518. The van der Waals surface area contributed by atoms with Crippen LogP contribution in [-0.2, 0) is 0 Å². The summed E-state index contributed by atoms with van der Waals surface area (Å²) >= 11 is 3.24. The third kappa shape index (κ3) is 3.45. The second-order valence-electron chi connectivity index (χ2n) is 5.15. The maximum atomic E-state index is 12.4. The molecule has 0 bridgehead atoms. The number of methoxy groups -OCH3 is 1. The Labute approximate surface area is 151 Å². The van der Waals surface area contributed by atoms with E-state index in [4.69, 9.17) is 4.74 Å². The van der Waals surface area contributed by atoms with Gasteiger partial charge in [-0.05, 0) is 41.1 Å². The quantitative estimate of drug-likeness (QED) is 0.695. The van der Waals surface area contributed by atoms with Gasteiger partial charge in [-0.2, -0.15) is 0 Å². The normalized spacial score (nSPS) is 10.5. The van der Waals surface area contributed by atoms with Gasteiger partial charge in [-0.3, -0.25) is 9.59 Å². The number of carbonyl (C=O) groups excluding carboxylic acids is 1. The van der Waals surface area contributed by atoms with E-state index in [1.54, 1.807) is 20.1 Å². The van der Waals surface area contributed by atoms with E-state index in [-0.39, 0.29) is 11.4 Å². The van der Waals surface area contributed by atoms with Crippen LogP contribution in [0.25, 0.3) is 5.69 Å². The van der Waals surface area contributed by atoms with Crippen molar-refractivity contribution in [1.82, 2.24) is 20.0 Å². The molecule has 3 rings (SSSR count). The molecule has 25 heavy (non-hydrogen) atoms. The minimum absolute atomic E-state index is 0.120. The fourth-order valence-corrected chi connectivity index (χ4v) is 2.60. The van der Waals surface area contributed by atoms with Crippen LogP contribution in [0.4, 0.5) is 5.69 Å². The highest BCUT2D eigenvalue weighted by Crippen LogP contribution is 2.18. The van der Waals surface area contributed by atoms with Gasteiger partial charge in [0.05, 0.1) is 18.5 Å². The number of ether oxygens (including phenoxy) is 1. The summed E-state index contributed by atoms with van der Waals surface area (Å²) in [5, 5.41) is 10.5. The van der Waals surface area contributed by atoms with Gasteiger partial charge in [0.15, 0.2) is 5.69 Å². The zero-order chi connectivity index (χ0) is 18.0. The summed E-state index contributed by atoms with van der Waals surface area (Å²) in [6.07, 6.45) is 1.49. The van der Waals surface area contributed by atoms with Gasteiger partial charge in [-0.15, -0.1) is 5.10 Å². The van der Waals surface area contributed by atoms with Crippen LogP contribution in [0.5, 0.6) is 5.75 Å². The molecule has 0 unspecified atom stereocenters. The fourth-order valence-electron chi connectivity index (χ4n) is 2.26. The highest BCUT2D eigenvalue weighted by atomic mass is 79.9. The van der Waals surface area contributed by atoms with E-state index in [9.17, 15) is 9.59 Å². The second-order valence-corrected chi connectivity index (χ2v) is 6.07. The third-order valence-electron chi connectivity index (χ3n) is 3.52. The molecule has 0 spiro atoms. The van der Waals surface area contributed by atoms with E-state index in [0.29, 0.717) is 21.6 Å². The monoisotopic (exact) mass is 403 g/mol. The van der Waals surface area contributed by atoms with Crippen molar-refractivity contribution in [3.63, 3.8) is 0 Å². The van der Waals surface area contributed by atoms with E-state index in [2.05, 4.69) is 36.5 Å². The molecule has 128 valence electrons. The molecule has 8 nitrogen and oxygen atoms in total. The fraction of sp³-hybridized carbons (Fsp3) is 0.125. The van der Waals surface area contributed by atoms with Gasteiger partial charge in [0, 0.05) is 16.7 Å².